The van der Waals surface area contributed by atoms with Crippen molar-refractivity contribution in [1.82, 2.24) is 4.90 Å². The number of hydrogen-bond donors (Lipinski definition) is 1. The molecule has 3 aromatic carbocycles. The molecule has 9 nitrogen and oxygen atoms in total. The number of benzene rings is 3. The number of para-hydroxylation sites is 1. The second-order valence-electron chi connectivity index (χ2n) is 10.0. The van der Waals surface area contributed by atoms with Gasteiger partial charge in [0.25, 0.3) is 11.9 Å². The van der Waals surface area contributed by atoms with E-state index in [1.165, 1.54) is 7.11 Å². The molecule has 6 rings (SSSR count). The Balaban J connectivity index is 1.43. The third-order valence-electron chi connectivity index (χ3n) is 8.24. The molecule has 3 aromatic rings. The topological polar surface area (TPSA) is 118 Å². The van der Waals surface area contributed by atoms with Crippen LogP contribution in [0, 0.1) is 21.4 Å². The van der Waals surface area contributed by atoms with Crippen molar-refractivity contribution >= 4 is 23.2 Å². The molecule has 10 heteroatoms. The van der Waals surface area contributed by atoms with Crippen LogP contribution >= 0.6 is 11.6 Å². The molecule has 0 unspecified atom stereocenters. The second kappa shape index (κ2) is 9.56. The van der Waals surface area contributed by atoms with E-state index < -0.39 is 17.5 Å². The zero-order valence-corrected chi connectivity index (χ0v) is 21.9. The Morgan fingerprint density at radius 2 is 2.00 bits per heavy atom. The molecule has 3 aliphatic rings. The number of amides is 1. The molecule has 0 aliphatic carbocycles. The van der Waals surface area contributed by atoms with E-state index in [2.05, 4.69) is 11.4 Å². The van der Waals surface area contributed by atoms with Crippen LogP contribution < -0.4 is 14.8 Å². The van der Waals surface area contributed by atoms with Crippen LogP contribution in [0.5, 0.6) is 11.5 Å². The van der Waals surface area contributed by atoms with Gasteiger partial charge >= 0.3 is 0 Å². The number of halogens is 1. The number of carbonyl (C=O) groups is 1. The fourth-order valence-corrected chi connectivity index (χ4v) is 7.03. The number of methoxy groups -OCH3 is 1. The van der Waals surface area contributed by atoms with Crippen molar-refractivity contribution in [2.75, 3.05) is 19.0 Å². The van der Waals surface area contributed by atoms with Gasteiger partial charge in [0.05, 0.1) is 29.7 Å². The number of hydrogen-bond acceptors (Lipinski definition) is 7. The molecule has 3 aliphatic heterocycles. The molecule has 198 valence electrons. The highest BCUT2D eigenvalue weighted by Gasteiger charge is 2.73. The van der Waals surface area contributed by atoms with Crippen LogP contribution in [-0.4, -0.2) is 41.5 Å². The first-order valence-corrected chi connectivity index (χ1v) is 13.1. The van der Waals surface area contributed by atoms with Gasteiger partial charge in [-0.05, 0) is 42.7 Å². The van der Waals surface area contributed by atoms with Gasteiger partial charge in [-0.15, -0.1) is 0 Å². The summed E-state index contributed by atoms with van der Waals surface area (Å²) in [5.74, 6) is -0.364. The number of carbonyl (C=O) groups excluding carboxylic acids is 1. The average Bonchev–Trinajstić information content (AvgIpc) is 3.60. The molecule has 39 heavy (non-hydrogen) atoms. The van der Waals surface area contributed by atoms with Crippen molar-refractivity contribution in [2.45, 2.75) is 43.0 Å². The highest BCUT2D eigenvalue weighted by Crippen LogP contribution is 2.58. The molecule has 0 aromatic heterocycles. The number of nitriles is 1. The third-order valence-corrected chi connectivity index (χ3v) is 8.52. The van der Waals surface area contributed by atoms with E-state index in [4.69, 9.17) is 21.1 Å². The van der Waals surface area contributed by atoms with Crippen LogP contribution in [-0.2, 0) is 16.9 Å². The summed E-state index contributed by atoms with van der Waals surface area (Å²) in [5, 5.41) is 25.4. The maximum Gasteiger partial charge on any atom is 0.256 e. The van der Waals surface area contributed by atoms with Gasteiger partial charge in [0.1, 0.15) is 6.61 Å². The standard InChI is InChI=1S/C29H25ClN4O5/c1-38-24-14-19(13-21(30)26(24)39-16-18-8-3-2-7-17(18)15-31)25-23-11-6-12-33(23)29(27(25)34(36)37)20-9-4-5-10-22(20)32-28(29)35/h2-5,7-10,13-14,23,25,27H,6,11-12,16H2,1H3,(H,32,35)/t23-,25+,27+,29-/m0/s1. The monoisotopic (exact) mass is 544 g/mol. The van der Waals surface area contributed by atoms with Crippen LogP contribution in [0.2, 0.25) is 5.02 Å². The van der Waals surface area contributed by atoms with Gasteiger partial charge in [0, 0.05) is 34.3 Å². The first-order valence-electron chi connectivity index (χ1n) is 12.7. The molecule has 1 spiro atoms. The minimum absolute atomic E-state index is 0.0938. The van der Waals surface area contributed by atoms with Crippen molar-refractivity contribution in [3.8, 4) is 17.6 Å². The minimum Gasteiger partial charge on any atom is -0.493 e. The Labute approximate surface area is 230 Å². The smallest absolute Gasteiger partial charge is 0.256 e. The summed E-state index contributed by atoms with van der Waals surface area (Å²) in [5.41, 5.74) is 1.64. The molecule has 0 bridgehead atoms. The first kappa shape index (κ1) is 25.2. The van der Waals surface area contributed by atoms with Gasteiger partial charge in [-0.1, -0.05) is 48.0 Å². The van der Waals surface area contributed by atoms with E-state index in [9.17, 15) is 20.2 Å². The highest BCUT2D eigenvalue weighted by atomic mass is 35.5. The van der Waals surface area contributed by atoms with E-state index >= 15 is 0 Å². The Morgan fingerprint density at radius 3 is 2.77 bits per heavy atom. The number of nitro groups is 1. The fraction of sp³-hybridized carbons (Fsp3) is 0.310. The second-order valence-corrected chi connectivity index (χ2v) is 10.4. The Morgan fingerprint density at radius 1 is 1.23 bits per heavy atom. The molecule has 1 amide bonds. The number of nitrogens with one attached hydrogen (secondary N) is 1. The number of ether oxygens (including phenoxy) is 2. The van der Waals surface area contributed by atoms with E-state index in [1.54, 1.807) is 36.4 Å². The highest BCUT2D eigenvalue weighted by molar-refractivity contribution is 6.32. The Hall–Kier alpha value is -4.13. The van der Waals surface area contributed by atoms with E-state index in [1.807, 2.05) is 29.2 Å². The normalized spacial score (nSPS) is 25.2. The number of anilines is 1. The van der Waals surface area contributed by atoms with E-state index in [0.717, 1.165) is 12.8 Å². The molecular weight excluding hydrogens is 520 g/mol. The predicted octanol–water partition coefficient (Wildman–Crippen LogP) is 4.85. The Bertz CT molecular complexity index is 1540. The number of fused-ring (bicyclic) bond motifs is 4. The lowest BCUT2D eigenvalue weighted by Crippen LogP contribution is -2.55. The lowest BCUT2D eigenvalue weighted by atomic mass is 9.77. The minimum atomic E-state index is -1.41. The molecule has 3 heterocycles. The van der Waals surface area contributed by atoms with Gasteiger partial charge in [-0.2, -0.15) is 5.26 Å². The molecule has 0 saturated carbocycles. The maximum atomic E-state index is 13.7. The largest absolute Gasteiger partial charge is 0.493 e. The third kappa shape index (κ3) is 3.67. The summed E-state index contributed by atoms with van der Waals surface area (Å²) >= 11 is 6.73. The molecule has 2 saturated heterocycles. The van der Waals surface area contributed by atoms with Gasteiger partial charge in [0.2, 0.25) is 0 Å². The first-order chi connectivity index (χ1) is 18.9. The summed E-state index contributed by atoms with van der Waals surface area (Å²) in [7, 11) is 1.48. The van der Waals surface area contributed by atoms with Crippen LogP contribution in [0.1, 0.15) is 41.0 Å². The van der Waals surface area contributed by atoms with Gasteiger partial charge < -0.3 is 14.8 Å². The van der Waals surface area contributed by atoms with Crippen LogP contribution in [0.3, 0.4) is 0 Å². The maximum absolute atomic E-state index is 13.7. The molecule has 2 fully saturated rings. The van der Waals surface area contributed by atoms with Gasteiger partial charge in [0.15, 0.2) is 17.0 Å². The van der Waals surface area contributed by atoms with Crippen molar-refractivity contribution < 1.29 is 19.2 Å². The number of rotatable bonds is 6. The summed E-state index contributed by atoms with van der Waals surface area (Å²) in [4.78, 5) is 28.2. The van der Waals surface area contributed by atoms with Crippen molar-refractivity contribution in [3.63, 3.8) is 0 Å². The zero-order valence-electron chi connectivity index (χ0n) is 21.1. The van der Waals surface area contributed by atoms with Crippen LogP contribution in [0.15, 0.2) is 60.7 Å². The SMILES string of the molecule is COc1cc([C@@H]2[C@@H]3CCCN3[C@]3(C(=O)Nc4ccccc43)[C@@H]2[N+](=O)[O-])cc(Cl)c1OCc1ccccc1C#N. The lowest BCUT2D eigenvalue weighted by Gasteiger charge is -2.32. The molecule has 1 N–H and O–H groups in total. The van der Waals surface area contributed by atoms with Crippen LogP contribution in [0.25, 0.3) is 0 Å². The molecule has 4 atom stereocenters. The molecule has 0 radical (unpaired) electrons. The number of nitrogens with zero attached hydrogens (tertiary/aromatic N) is 3. The lowest BCUT2D eigenvalue weighted by molar-refractivity contribution is -0.534. The van der Waals surface area contributed by atoms with Crippen LogP contribution in [0.4, 0.5) is 5.69 Å². The summed E-state index contributed by atoms with van der Waals surface area (Å²) < 4.78 is 11.6. The summed E-state index contributed by atoms with van der Waals surface area (Å²) in [6.07, 6.45) is 1.54. The average molecular weight is 545 g/mol. The van der Waals surface area contributed by atoms with Crippen molar-refractivity contribution in [2.24, 2.45) is 0 Å². The predicted molar refractivity (Wildman–Crippen MR) is 143 cm³/mol. The summed E-state index contributed by atoms with van der Waals surface area (Å²) in [6, 6.07) is 18.4. The fourth-order valence-electron chi connectivity index (χ4n) is 6.75. The van der Waals surface area contributed by atoms with Crippen molar-refractivity contribution in [1.29, 1.82) is 5.26 Å². The molecular formula is C29H25ClN4O5. The van der Waals surface area contributed by atoms with Crippen molar-refractivity contribution in [3.05, 3.63) is 98.1 Å². The van der Waals surface area contributed by atoms with E-state index in [-0.39, 0.29) is 34.3 Å². The van der Waals surface area contributed by atoms with Gasteiger partial charge in [-0.3, -0.25) is 19.8 Å². The zero-order chi connectivity index (χ0) is 27.3. The summed E-state index contributed by atoms with van der Waals surface area (Å²) in [6.45, 7) is 0.675. The quantitative estimate of drug-likeness (QED) is 0.348. The van der Waals surface area contributed by atoms with E-state index in [0.29, 0.717) is 40.2 Å². The van der Waals surface area contributed by atoms with Gasteiger partial charge in [-0.25, -0.2) is 0 Å². The Kier molecular flexibility index (Phi) is 6.17.